The van der Waals surface area contributed by atoms with Crippen molar-refractivity contribution in [3.05, 3.63) is 114 Å². The third kappa shape index (κ3) is 5.36. The molecule has 4 aromatic heterocycles. The maximum atomic E-state index is 11.9. The van der Waals surface area contributed by atoms with E-state index in [2.05, 4.69) is 29.9 Å². The van der Waals surface area contributed by atoms with Crippen LogP contribution in [0, 0.1) is 0 Å². The lowest BCUT2D eigenvalue weighted by Gasteiger charge is -1.99. The maximum Gasteiger partial charge on any atom is 0.329 e. The molecule has 0 unspecified atom stereocenters. The van der Waals surface area contributed by atoms with Gasteiger partial charge in [-0.1, -0.05) is 47.5 Å². The molecule has 192 valence electrons. The molecule has 7 N–H and O–H groups in total. The van der Waals surface area contributed by atoms with Crippen molar-refractivity contribution in [1.29, 1.82) is 0 Å². The van der Waals surface area contributed by atoms with E-state index >= 15 is 0 Å². The fraction of sp³-hybridized carbons (Fsp3) is 0.0833. The minimum absolute atomic E-state index is 0.0954. The fourth-order valence-electron chi connectivity index (χ4n) is 3.94. The Hall–Kier alpha value is -4.68. The normalized spacial score (nSPS) is 11.0. The zero-order chi connectivity index (χ0) is 26.8. The van der Waals surface area contributed by atoms with Crippen LogP contribution in [0.4, 0.5) is 5.95 Å². The predicted octanol–water partition coefficient (Wildman–Crippen LogP) is 1.36. The summed E-state index contributed by atoms with van der Waals surface area (Å²) in [5, 5.41) is 1.34. The van der Waals surface area contributed by atoms with Crippen molar-refractivity contribution in [3.8, 4) is 0 Å². The summed E-state index contributed by atoms with van der Waals surface area (Å²) in [6.07, 6.45) is 3.34. The molecule has 38 heavy (non-hydrogen) atoms. The van der Waals surface area contributed by atoms with E-state index in [0.29, 0.717) is 45.5 Å². The predicted molar refractivity (Wildman–Crippen MR) is 142 cm³/mol. The number of fused-ring (bicyclic) bond motifs is 2. The lowest BCUT2D eigenvalue weighted by atomic mass is 10.2. The standard InChI is InChI=1S/C12H10ClN5O.C12H9ClN4O2/c13-8-3-1-7(2-4-8)5-18-6-15-10-9(18)11(19)17-12(14)16-10;13-8-3-1-7(2-4-8)5-17-6-14-10-9(17)11(18)16-12(19)15-10/h1-4,6H,5H2,(H3,14,16,17,19);1-4,6H,5H2,(H2,15,16,18,19)/p+2. The molecule has 0 amide bonds. The van der Waals surface area contributed by atoms with Crippen molar-refractivity contribution in [2.75, 3.05) is 5.73 Å². The van der Waals surface area contributed by atoms with E-state index in [1.54, 1.807) is 33.9 Å². The molecule has 0 saturated heterocycles. The number of hydrogen-bond donors (Lipinski definition) is 6. The van der Waals surface area contributed by atoms with Crippen LogP contribution in [0.15, 0.2) is 75.6 Å². The van der Waals surface area contributed by atoms with Crippen LogP contribution < -0.4 is 31.7 Å². The van der Waals surface area contributed by atoms with Gasteiger partial charge in [0.2, 0.25) is 18.6 Å². The van der Waals surface area contributed by atoms with E-state index < -0.39 is 11.2 Å². The van der Waals surface area contributed by atoms with Gasteiger partial charge in [-0.05, 0) is 35.4 Å². The SMILES string of the molecule is Nc1nc2[nH]c[n+](Cc3ccc(Cl)cc3)c2c(=O)[nH]1.O=c1[nH]c(=O)c2c([nH]c[n+]2Cc2ccc(Cl)cc2)[nH]1. The van der Waals surface area contributed by atoms with Gasteiger partial charge in [0.15, 0.2) is 0 Å². The van der Waals surface area contributed by atoms with Gasteiger partial charge in [0.1, 0.15) is 13.1 Å². The van der Waals surface area contributed by atoms with Gasteiger partial charge in [-0.15, -0.1) is 0 Å². The molecular weight excluding hydrogens is 533 g/mol. The second-order valence-electron chi connectivity index (χ2n) is 8.34. The Labute approximate surface area is 222 Å². The molecule has 6 rings (SSSR count). The minimum atomic E-state index is -0.530. The average Bonchev–Trinajstić information content (AvgIpc) is 3.46. The Morgan fingerprint density at radius 3 is 1.84 bits per heavy atom. The van der Waals surface area contributed by atoms with Crippen molar-refractivity contribution in [2.45, 2.75) is 13.1 Å². The fourth-order valence-corrected chi connectivity index (χ4v) is 4.19. The number of nitrogen functional groups attached to an aromatic ring is 1. The molecule has 12 nitrogen and oxygen atoms in total. The summed E-state index contributed by atoms with van der Waals surface area (Å²) >= 11 is 11.7. The molecule has 4 heterocycles. The number of hydrogen-bond acceptors (Lipinski definition) is 5. The van der Waals surface area contributed by atoms with Gasteiger partial charge >= 0.3 is 16.8 Å². The van der Waals surface area contributed by atoms with Gasteiger partial charge < -0.3 is 5.73 Å². The van der Waals surface area contributed by atoms with E-state index in [1.165, 1.54) is 0 Å². The quantitative estimate of drug-likeness (QED) is 0.180. The monoisotopic (exact) mass is 553 g/mol. The van der Waals surface area contributed by atoms with Crippen molar-refractivity contribution < 1.29 is 9.13 Å². The highest BCUT2D eigenvalue weighted by molar-refractivity contribution is 6.30. The molecule has 0 fully saturated rings. The van der Waals surface area contributed by atoms with Gasteiger partial charge in [-0.25, -0.2) is 23.9 Å². The highest BCUT2D eigenvalue weighted by Crippen LogP contribution is 2.10. The molecule has 6 aromatic rings. The number of rotatable bonds is 4. The molecule has 0 aliphatic heterocycles. The zero-order valence-electron chi connectivity index (χ0n) is 19.6. The van der Waals surface area contributed by atoms with Gasteiger partial charge in [-0.3, -0.25) is 24.5 Å². The number of H-pyrrole nitrogens is 5. The number of aromatic amines is 5. The Kier molecular flexibility index (Phi) is 6.81. The van der Waals surface area contributed by atoms with Crippen LogP contribution in [-0.4, -0.2) is 29.9 Å². The molecule has 0 radical (unpaired) electrons. The highest BCUT2D eigenvalue weighted by Gasteiger charge is 2.17. The van der Waals surface area contributed by atoms with E-state index in [9.17, 15) is 14.4 Å². The Bertz CT molecular complexity index is 1920. The molecule has 0 aliphatic carbocycles. The second kappa shape index (κ2) is 10.4. The third-order valence-electron chi connectivity index (χ3n) is 5.66. The molecule has 14 heteroatoms. The number of imidazole rings is 2. The van der Waals surface area contributed by atoms with Crippen LogP contribution in [0.3, 0.4) is 0 Å². The lowest BCUT2D eigenvalue weighted by molar-refractivity contribution is -0.662. The summed E-state index contributed by atoms with van der Waals surface area (Å²) in [4.78, 5) is 51.9. The second-order valence-corrected chi connectivity index (χ2v) is 9.21. The summed E-state index contributed by atoms with van der Waals surface area (Å²) in [5.41, 5.74) is 8.04. The number of aromatic nitrogens is 8. The van der Waals surface area contributed by atoms with Crippen LogP contribution in [0.2, 0.25) is 10.0 Å². The maximum absolute atomic E-state index is 11.9. The largest absolute Gasteiger partial charge is 0.369 e. The molecular formula is C24H21Cl2N9O3+2. The first-order chi connectivity index (χ1) is 18.3. The van der Waals surface area contributed by atoms with E-state index in [-0.39, 0.29) is 11.5 Å². The van der Waals surface area contributed by atoms with Gasteiger partial charge in [0, 0.05) is 10.0 Å². The average molecular weight is 554 g/mol. The van der Waals surface area contributed by atoms with Crippen LogP contribution in [0.5, 0.6) is 0 Å². The van der Waals surface area contributed by atoms with Gasteiger partial charge in [0.25, 0.3) is 22.3 Å². The Morgan fingerprint density at radius 1 is 0.711 bits per heavy atom. The molecule has 0 bridgehead atoms. The topological polar surface area (TPSA) is 177 Å². The van der Waals surface area contributed by atoms with Gasteiger partial charge in [-0.2, -0.15) is 4.98 Å². The Morgan fingerprint density at radius 2 is 1.24 bits per heavy atom. The lowest BCUT2D eigenvalue weighted by Crippen LogP contribution is -2.38. The molecule has 0 spiro atoms. The van der Waals surface area contributed by atoms with Crippen LogP contribution in [-0.2, 0) is 13.1 Å². The first-order valence-corrected chi connectivity index (χ1v) is 12.0. The molecule has 2 aromatic carbocycles. The van der Waals surface area contributed by atoms with Crippen molar-refractivity contribution in [2.24, 2.45) is 0 Å². The summed E-state index contributed by atoms with van der Waals surface area (Å²) in [7, 11) is 0. The first kappa shape index (κ1) is 25.0. The summed E-state index contributed by atoms with van der Waals surface area (Å²) in [6.45, 7) is 1.05. The van der Waals surface area contributed by atoms with E-state index in [4.69, 9.17) is 28.9 Å². The summed E-state index contributed by atoms with van der Waals surface area (Å²) in [6, 6.07) is 14.8. The summed E-state index contributed by atoms with van der Waals surface area (Å²) in [5.74, 6) is 0.0954. The molecule has 0 atom stereocenters. The number of nitrogens with two attached hydrogens (primary N) is 1. The number of anilines is 1. The van der Waals surface area contributed by atoms with Crippen LogP contribution in [0.25, 0.3) is 22.3 Å². The highest BCUT2D eigenvalue weighted by atomic mass is 35.5. The van der Waals surface area contributed by atoms with Crippen molar-refractivity contribution in [1.82, 2.24) is 29.9 Å². The number of nitrogens with one attached hydrogen (secondary N) is 5. The number of benzene rings is 2. The first-order valence-electron chi connectivity index (χ1n) is 11.2. The van der Waals surface area contributed by atoms with E-state index in [1.807, 2.05) is 36.4 Å². The molecule has 0 saturated carbocycles. The molecule has 0 aliphatic rings. The van der Waals surface area contributed by atoms with E-state index in [0.717, 1.165) is 11.1 Å². The third-order valence-corrected chi connectivity index (χ3v) is 6.16. The number of halogens is 2. The van der Waals surface area contributed by atoms with Gasteiger partial charge in [0.05, 0.1) is 0 Å². The summed E-state index contributed by atoms with van der Waals surface area (Å²) < 4.78 is 3.51. The zero-order valence-corrected chi connectivity index (χ0v) is 21.1. The van der Waals surface area contributed by atoms with Crippen LogP contribution in [0.1, 0.15) is 11.1 Å². The van der Waals surface area contributed by atoms with Crippen molar-refractivity contribution in [3.63, 3.8) is 0 Å². The smallest absolute Gasteiger partial charge is 0.329 e. The minimum Gasteiger partial charge on any atom is -0.369 e. The van der Waals surface area contributed by atoms with Crippen LogP contribution >= 0.6 is 23.2 Å². The Balaban J connectivity index is 0.000000155. The number of nitrogens with zero attached hydrogens (tertiary/aromatic N) is 3. The van der Waals surface area contributed by atoms with Crippen molar-refractivity contribution >= 4 is 51.5 Å².